The summed E-state index contributed by atoms with van der Waals surface area (Å²) in [6, 6.07) is 8.96. The van der Waals surface area contributed by atoms with Gasteiger partial charge in [0.25, 0.3) is 5.91 Å². The topological polar surface area (TPSA) is 88.4 Å². The number of alkyl halides is 2. The summed E-state index contributed by atoms with van der Waals surface area (Å²) in [5, 5.41) is 12.3. The molecule has 0 saturated carbocycles. The molecule has 0 aliphatic rings. The van der Waals surface area contributed by atoms with Crippen LogP contribution in [0.25, 0.3) is 6.08 Å². The molecular formula is C21H20F2N2O4S. The smallest absolute Gasteiger partial charge is 0.387 e. The van der Waals surface area contributed by atoms with Gasteiger partial charge in [0.05, 0.1) is 12.2 Å². The van der Waals surface area contributed by atoms with Crippen LogP contribution >= 0.6 is 11.3 Å². The number of hydrogen-bond acceptors (Lipinski definition) is 6. The molecule has 1 N–H and O–H groups in total. The summed E-state index contributed by atoms with van der Waals surface area (Å²) in [6.45, 7) is 2.83. The first kappa shape index (κ1) is 23.0. The van der Waals surface area contributed by atoms with Gasteiger partial charge in [0.15, 0.2) is 0 Å². The summed E-state index contributed by atoms with van der Waals surface area (Å²) in [5.41, 5.74) is 0.458. The number of hydrogen-bond donors (Lipinski definition) is 1. The van der Waals surface area contributed by atoms with Gasteiger partial charge in [-0.15, -0.1) is 11.3 Å². The van der Waals surface area contributed by atoms with E-state index < -0.39 is 18.5 Å². The molecule has 0 fully saturated rings. The number of carbonyl (C=O) groups excluding carboxylic acids is 2. The van der Waals surface area contributed by atoms with Gasteiger partial charge in [-0.2, -0.15) is 14.0 Å². The van der Waals surface area contributed by atoms with E-state index >= 15 is 0 Å². The molecule has 0 bridgehead atoms. The van der Waals surface area contributed by atoms with E-state index in [0.29, 0.717) is 10.6 Å². The maximum atomic E-state index is 12.6. The highest BCUT2D eigenvalue weighted by Crippen LogP contribution is 2.33. The zero-order valence-electron chi connectivity index (χ0n) is 16.6. The van der Waals surface area contributed by atoms with Crippen LogP contribution in [0.5, 0.6) is 5.75 Å². The molecule has 1 amide bonds. The summed E-state index contributed by atoms with van der Waals surface area (Å²) in [4.78, 5) is 25.7. The second-order valence-corrected chi connectivity index (χ2v) is 7.42. The SMILES string of the molecule is CCOC(=O)c1cc(C(C)C)sc1NC(=O)C(C#N)=Cc1ccc(OC(F)F)cc1. The minimum absolute atomic E-state index is 0.0380. The Morgan fingerprint density at radius 1 is 1.27 bits per heavy atom. The number of benzene rings is 1. The Morgan fingerprint density at radius 3 is 2.47 bits per heavy atom. The monoisotopic (exact) mass is 434 g/mol. The van der Waals surface area contributed by atoms with E-state index in [1.165, 1.54) is 41.7 Å². The molecule has 0 radical (unpaired) electrons. The quantitative estimate of drug-likeness (QED) is 0.351. The zero-order chi connectivity index (χ0) is 22.3. The molecule has 0 saturated heterocycles. The summed E-state index contributed by atoms with van der Waals surface area (Å²) < 4.78 is 33.8. The van der Waals surface area contributed by atoms with Gasteiger partial charge in [-0.05, 0) is 42.7 Å². The molecule has 1 aromatic carbocycles. The van der Waals surface area contributed by atoms with E-state index in [0.717, 1.165) is 4.88 Å². The Labute approximate surface area is 176 Å². The van der Waals surface area contributed by atoms with Crippen LogP contribution in [0.4, 0.5) is 13.8 Å². The molecule has 0 unspecified atom stereocenters. The number of nitriles is 1. The van der Waals surface area contributed by atoms with Crippen LogP contribution in [-0.4, -0.2) is 25.1 Å². The van der Waals surface area contributed by atoms with Crippen LogP contribution in [0.1, 0.15) is 47.5 Å². The Balaban J connectivity index is 2.25. The zero-order valence-corrected chi connectivity index (χ0v) is 17.4. The number of nitrogens with zero attached hydrogens (tertiary/aromatic N) is 1. The van der Waals surface area contributed by atoms with Crippen LogP contribution in [0.15, 0.2) is 35.9 Å². The van der Waals surface area contributed by atoms with Crippen molar-refractivity contribution >= 4 is 34.3 Å². The summed E-state index contributed by atoms with van der Waals surface area (Å²) in [6.07, 6.45) is 1.31. The van der Waals surface area contributed by atoms with E-state index in [2.05, 4.69) is 10.1 Å². The maximum absolute atomic E-state index is 12.6. The van der Waals surface area contributed by atoms with Gasteiger partial charge in [-0.1, -0.05) is 26.0 Å². The van der Waals surface area contributed by atoms with Crippen LogP contribution in [0.2, 0.25) is 0 Å². The third-order valence-electron chi connectivity index (χ3n) is 3.82. The third kappa shape index (κ3) is 6.12. The number of carbonyl (C=O) groups is 2. The highest BCUT2D eigenvalue weighted by atomic mass is 32.1. The number of nitrogens with one attached hydrogen (secondary N) is 1. The van der Waals surface area contributed by atoms with Crippen LogP contribution in [-0.2, 0) is 9.53 Å². The Hall–Kier alpha value is -3.25. The predicted octanol–water partition coefficient (Wildman–Crippen LogP) is 5.20. The number of rotatable bonds is 8. The Morgan fingerprint density at radius 2 is 1.93 bits per heavy atom. The first-order valence-electron chi connectivity index (χ1n) is 9.04. The van der Waals surface area contributed by atoms with Gasteiger partial charge in [0.1, 0.15) is 22.4 Å². The fraction of sp³-hybridized carbons (Fsp3) is 0.286. The third-order valence-corrected chi connectivity index (χ3v) is 5.17. The lowest BCUT2D eigenvalue weighted by Crippen LogP contribution is -2.15. The van der Waals surface area contributed by atoms with Gasteiger partial charge in [-0.25, -0.2) is 4.79 Å². The Bertz CT molecular complexity index is 976. The van der Waals surface area contributed by atoms with E-state index in [1.807, 2.05) is 19.9 Å². The number of halogens is 2. The largest absolute Gasteiger partial charge is 0.462 e. The summed E-state index contributed by atoms with van der Waals surface area (Å²) in [7, 11) is 0. The van der Waals surface area contributed by atoms with E-state index in [-0.39, 0.29) is 29.4 Å². The molecule has 1 aromatic heterocycles. The molecule has 6 nitrogen and oxygen atoms in total. The lowest BCUT2D eigenvalue weighted by atomic mass is 10.1. The second-order valence-electron chi connectivity index (χ2n) is 6.34. The van der Waals surface area contributed by atoms with Crippen molar-refractivity contribution in [2.75, 3.05) is 11.9 Å². The van der Waals surface area contributed by atoms with Gasteiger partial charge >= 0.3 is 12.6 Å². The number of amides is 1. The molecule has 0 atom stereocenters. The van der Waals surface area contributed by atoms with Crippen molar-refractivity contribution in [3.05, 3.63) is 51.9 Å². The molecule has 2 rings (SSSR count). The average Bonchev–Trinajstić information content (AvgIpc) is 3.11. The highest BCUT2D eigenvalue weighted by molar-refractivity contribution is 7.16. The minimum atomic E-state index is -2.94. The number of thiophene rings is 1. The molecule has 158 valence electrons. The molecule has 0 spiro atoms. The number of esters is 1. The second kappa shape index (κ2) is 10.5. The molecule has 2 aromatic rings. The standard InChI is InChI=1S/C21H20F2N2O4S/c1-4-28-20(27)16-10-17(12(2)3)30-19(16)25-18(26)14(11-24)9-13-5-7-15(8-6-13)29-21(22)23/h5-10,12,21H,4H2,1-3H3,(H,25,26). The van der Waals surface area contributed by atoms with Crippen molar-refractivity contribution in [2.45, 2.75) is 33.3 Å². The van der Waals surface area contributed by atoms with Gasteiger partial charge in [0, 0.05) is 4.88 Å². The van der Waals surface area contributed by atoms with Crippen molar-refractivity contribution in [1.82, 2.24) is 0 Å². The van der Waals surface area contributed by atoms with Gasteiger partial charge < -0.3 is 14.8 Å². The fourth-order valence-electron chi connectivity index (χ4n) is 2.38. The summed E-state index contributed by atoms with van der Waals surface area (Å²) in [5.74, 6) is -1.17. The van der Waals surface area contributed by atoms with Gasteiger partial charge in [-0.3, -0.25) is 4.79 Å². The van der Waals surface area contributed by atoms with Crippen molar-refractivity contribution < 1.29 is 27.8 Å². The molecule has 1 heterocycles. The van der Waals surface area contributed by atoms with Crippen LogP contribution in [0, 0.1) is 11.3 Å². The predicted molar refractivity (Wildman–Crippen MR) is 110 cm³/mol. The fourth-order valence-corrected chi connectivity index (χ4v) is 3.42. The summed E-state index contributed by atoms with van der Waals surface area (Å²) >= 11 is 1.23. The molecule has 9 heteroatoms. The molecular weight excluding hydrogens is 414 g/mol. The highest BCUT2D eigenvalue weighted by Gasteiger charge is 2.21. The average molecular weight is 434 g/mol. The van der Waals surface area contributed by atoms with Crippen molar-refractivity contribution in [3.63, 3.8) is 0 Å². The van der Waals surface area contributed by atoms with E-state index in [1.54, 1.807) is 13.0 Å². The lowest BCUT2D eigenvalue weighted by Gasteiger charge is -2.06. The first-order chi connectivity index (χ1) is 14.2. The molecule has 30 heavy (non-hydrogen) atoms. The van der Waals surface area contributed by atoms with Crippen LogP contribution < -0.4 is 10.1 Å². The Kier molecular flexibility index (Phi) is 8.07. The normalized spacial score (nSPS) is 11.3. The van der Waals surface area contributed by atoms with Crippen molar-refractivity contribution in [1.29, 1.82) is 5.26 Å². The number of anilines is 1. The molecule has 0 aliphatic heterocycles. The van der Waals surface area contributed by atoms with Crippen LogP contribution in [0.3, 0.4) is 0 Å². The van der Waals surface area contributed by atoms with Crippen molar-refractivity contribution in [3.8, 4) is 11.8 Å². The first-order valence-corrected chi connectivity index (χ1v) is 9.85. The minimum Gasteiger partial charge on any atom is -0.462 e. The maximum Gasteiger partial charge on any atom is 0.387 e. The van der Waals surface area contributed by atoms with Crippen molar-refractivity contribution in [2.24, 2.45) is 0 Å². The lowest BCUT2D eigenvalue weighted by molar-refractivity contribution is -0.112. The van der Waals surface area contributed by atoms with E-state index in [4.69, 9.17) is 4.74 Å². The number of ether oxygens (including phenoxy) is 2. The van der Waals surface area contributed by atoms with E-state index in [9.17, 15) is 23.6 Å². The van der Waals surface area contributed by atoms with Gasteiger partial charge in [0.2, 0.25) is 0 Å². The molecule has 0 aliphatic carbocycles.